The average molecular weight is 135 g/mol. The molecule has 1 saturated carbocycles. The first-order valence-electron chi connectivity index (χ1n) is 2.71. The van der Waals surface area contributed by atoms with E-state index in [-0.39, 0.29) is 17.4 Å². The predicted molar refractivity (Wildman–Crippen MR) is 27.4 cm³/mol. The van der Waals surface area contributed by atoms with Crippen LogP contribution >= 0.6 is 0 Å². The van der Waals surface area contributed by atoms with E-state index in [4.69, 9.17) is 0 Å². The molecule has 0 radical (unpaired) electrons. The molecule has 0 amide bonds. The van der Waals surface area contributed by atoms with Crippen molar-refractivity contribution in [2.75, 3.05) is 0 Å². The Hall–Kier alpha value is 0.532. The first kappa shape index (κ1) is 7.53. The van der Waals surface area contributed by atoms with E-state index in [1.807, 2.05) is 0 Å². The Labute approximate surface area is 56.4 Å². The molecular formula is C6H11Cr-. The van der Waals surface area contributed by atoms with Crippen LogP contribution in [0.5, 0.6) is 0 Å². The minimum absolute atomic E-state index is 0. The first-order chi connectivity index (χ1) is 2.89. The number of hydrogen-bond donors (Lipinski definition) is 0. The van der Waals surface area contributed by atoms with Gasteiger partial charge in [0.2, 0.25) is 0 Å². The van der Waals surface area contributed by atoms with Gasteiger partial charge in [0.15, 0.2) is 0 Å². The molecule has 0 aliphatic heterocycles. The molecule has 0 nitrogen and oxygen atoms in total. The fourth-order valence-electron chi connectivity index (χ4n) is 0.979. The van der Waals surface area contributed by atoms with Crippen molar-refractivity contribution in [3.8, 4) is 0 Å². The molecule has 1 aliphatic carbocycles. The van der Waals surface area contributed by atoms with Crippen LogP contribution in [-0.4, -0.2) is 0 Å². The van der Waals surface area contributed by atoms with Crippen LogP contribution in [-0.2, 0) is 17.4 Å². The third kappa shape index (κ3) is 2.37. The summed E-state index contributed by atoms with van der Waals surface area (Å²) in [6.45, 7) is 2.26. The van der Waals surface area contributed by atoms with Gasteiger partial charge < -0.3 is 5.92 Å². The largest absolute Gasteiger partial charge is 0.317 e. The summed E-state index contributed by atoms with van der Waals surface area (Å²) >= 11 is 0. The summed E-state index contributed by atoms with van der Waals surface area (Å²) in [5, 5.41) is 0. The normalized spacial score (nSPS) is 21.9. The van der Waals surface area contributed by atoms with E-state index in [1.54, 1.807) is 5.92 Å². The Kier molecular flexibility index (Phi) is 3.79. The van der Waals surface area contributed by atoms with E-state index in [1.165, 1.54) is 25.7 Å². The molecule has 0 saturated heterocycles. The Morgan fingerprint density at radius 1 is 1.14 bits per heavy atom. The maximum atomic E-state index is 2.26. The standard InChI is InChI=1S/C6H11.Cr/c1-6-4-2-3-5-6;/h2-5H2,1H3;/q-1;. The van der Waals surface area contributed by atoms with Gasteiger partial charge in [0.1, 0.15) is 0 Å². The van der Waals surface area contributed by atoms with Crippen molar-refractivity contribution < 1.29 is 17.4 Å². The van der Waals surface area contributed by atoms with E-state index < -0.39 is 0 Å². The zero-order valence-electron chi connectivity index (χ0n) is 4.74. The molecule has 0 atom stereocenters. The van der Waals surface area contributed by atoms with Crippen molar-refractivity contribution in [1.82, 2.24) is 0 Å². The molecule has 1 aliphatic rings. The summed E-state index contributed by atoms with van der Waals surface area (Å²) in [6.07, 6.45) is 5.71. The Balaban J connectivity index is 0.000000360. The van der Waals surface area contributed by atoms with Crippen LogP contribution in [0.25, 0.3) is 0 Å². The van der Waals surface area contributed by atoms with Gasteiger partial charge in [0.25, 0.3) is 0 Å². The molecule has 0 heterocycles. The Bertz CT molecular complexity index is 37.4. The zero-order valence-corrected chi connectivity index (χ0v) is 6.01. The van der Waals surface area contributed by atoms with E-state index >= 15 is 0 Å². The fraction of sp³-hybridized carbons (Fsp3) is 0.833. The molecule has 0 aromatic carbocycles. The van der Waals surface area contributed by atoms with Crippen molar-refractivity contribution in [1.29, 1.82) is 0 Å². The minimum atomic E-state index is 0. The van der Waals surface area contributed by atoms with Crippen LogP contribution in [0.4, 0.5) is 0 Å². The third-order valence-electron chi connectivity index (χ3n) is 1.46. The number of hydrogen-bond acceptors (Lipinski definition) is 0. The molecule has 0 aromatic heterocycles. The molecule has 42 valence electrons. The molecule has 1 heteroatoms. The van der Waals surface area contributed by atoms with E-state index in [0.717, 1.165) is 0 Å². The van der Waals surface area contributed by atoms with Gasteiger partial charge in [-0.15, -0.1) is 0 Å². The topological polar surface area (TPSA) is 0 Å². The van der Waals surface area contributed by atoms with E-state index in [2.05, 4.69) is 6.92 Å². The van der Waals surface area contributed by atoms with Gasteiger partial charge in [0.05, 0.1) is 0 Å². The molecule has 1 rings (SSSR count). The van der Waals surface area contributed by atoms with E-state index in [9.17, 15) is 0 Å². The maximum Gasteiger partial charge on any atom is 0 e. The summed E-state index contributed by atoms with van der Waals surface area (Å²) in [7, 11) is 0. The zero-order chi connectivity index (χ0) is 4.41. The smallest absolute Gasteiger partial charge is 0 e. The summed E-state index contributed by atoms with van der Waals surface area (Å²) in [5.74, 6) is 1.70. The first-order valence-corrected chi connectivity index (χ1v) is 2.71. The maximum absolute atomic E-state index is 2.26. The van der Waals surface area contributed by atoms with Crippen LogP contribution in [0.3, 0.4) is 0 Å². The van der Waals surface area contributed by atoms with E-state index in [0.29, 0.717) is 0 Å². The Morgan fingerprint density at radius 3 is 1.71 bits per heavy atom. The molecule has 1 fully saturated rings. The van der Waals surface area contributed by atoms with Gasteiger partial charge in [-0.05, 0) is 0 Å². The molecular weight excluding hydrogens is 124 g/mol. The van der Waals surface area contributed by atoms with Crippen molar-refractivity contribution in [3.63, 3.8) is 0 Å². The average Bonchev–Trinajstić information content (AvgIpc) is 1.86. The van der Waals surface area contributed by atoms with Crippen LogP contribution < -0.4 is 0 Å². The van der Waals surface area contributed by atoms with Gasteiger partial charge in [0, 0.05) is 17.4 Å². The predicted octanol–water partition coefficient (Wildman–Crippen LogP) is 2.15. The molecule has 0 unspecified atom stereocenters. The third-order valence-corrected chi connectivity index (χ3v) is 1.46. The molecule has 7 heavy (non-hydrogen) atoms. The summed E-state index contributed by atoms with van der Waals surface area (Å²) in [6, 6.07) is 0. The van der Waals surface area contributed by atoms with Crippen LogP contribution in [0, 0.1) is 5.92 Å². The molecule has 0 aromatic rings. The van der Waals surface area contributed by atoms with Gasteiger partial charge in [-0.3, -0.25) is 0 Å². The van der Waals surface area contributed by atoms with Crippen molar-refractivity contribution in [2.24, 2.45) is 0 Å². The fourth-order valence-corrected chi connectivity index (χ4v) is 0.979. The van der Waals surface area contributed by atoms with Crippen LogP contribution in [0.15, 0.2) is 0 Å². The summed E-state index contributed by atoms with van der Waals surface area (Å²) in [5.41, 5.74) is 0. The Morgan fingerprint density at radius 2 is 1.57 bits per heavy atom. The van der Waals surface area contributed by atoms with Gasteiger partial charge in [-0.1, -0.05) is 12.8 Å². The SMILES string of the molecule is C[C-]1CCCC1.[Cr]. The number of rotatable bonds is 0. The monoisotopic (exact) mass is 135 g/mol. The quantitative estimate of drug-likeness (QED) is 0.446. The van der Waals surface area contributed by atoms with Gasteiger partial charge in [-0.2, -0.15) is 19.8 Å². The van der Waals surface area contributed by atoms with Crippen molar-refractivity contribution in [3.05, 3.63) is 5.92 Å². The van der Waals surface area contributed by atoms with Crippen LogP contribution in [0.1, 0.15) is 32.6 Å². The van der Waals surface area contributed by atoms with Gasteiger partial charge >= 0.3 is 0 Å². The molecule has 0 N–H and O–H groups in total. The van der Waals surface area contributed by atoms with Crippen LogP contribution in [0.2, 0.25) is 0 Å². The minimum Gasteiger partial charge on any atom is -0.317 e. The molecule has 0 spiro atoms. The summed E-state index contributed by atoms with van der Waals surface area (Å²) in [4.78, 5) is 0. The second-order valence-corrected chi connectivity index (χ2v) is 2.16. The van der Waals surface area contributed by atoms with Crippen molar-refractivity contribution in [2.45, 2.75) is 32.6 Å². The second kappa shape index (κ2) is 3.52. The second-order valence-electron chi connectivity index (χ2n) is 2.16. The molecule has 0 bridgehead atoms. The van der Waals surface area contributed by atoms with Gasteiger partial charge in [-0.25, -0.2) is 0 Å². The summed E-state index contributed by atoms with van der Waals surface area (Å²) < 4.78 is 0. The van der Waals surface area contributed by atoms with Crippen molar-refractivity contribution >= 4 is 0 Å².